The fourth-order valence-corrected chi connectivity index (χ4v) is 3.51. The van der Waals surface area contributed by atoms with Crippen LogP contribution in [-0.4, -0.2) is 62.6 Å². The summed E-state index contributed by atoms with van der Waals surface area (Å²) in [5.41, 5.74) is 2.58. The van der Waals surface area contributed by atoms with Gasteiger partial charge in [0.1, 0.15) is 0 Å². The molecule has 0 radical (unpaired) electrons. The molecule has 1 atom stereocenters. The lowest BCUT2D eigenvalue weighted by atomic mass is 10.2. The first kappa shape index (κ1) is 24.5. The number of likely N-dealkylation sites (N-methyl/N-ethyl adjacent to an activating group) is 1. The Kier molecular flexibility index (Phi) is 10.6. The molecule has 1 fully saturated rings. The minimum atomic E-state index is 0. The first-order valence-corrected chi connectivity index (χ1v) is 10.0. The van der Waals surface area contributed by atoms with Gasteiger partial charge in [0.25, 0.3) is 0 Å². The van der Waals surface area contributed by atoms with Crippen LogP contribution in [0.2, 0.25) is 0 Å². The van der Waals surface area contributed by atoms with Crippen LogP contribution in [0.1, 0.15) is 32.8 Å². The molecule has 0 aliphatic carbocycles. The molecule has 1 aromatic rings. The van der Waals surface area contributed by atoms with E-state index in [1.165, 1.54) is 11.3 Å². The summed E-state index contributed by atoms with van der Waals surface area (Å²) in [4.78, 5) is 20.8. The van der Waals surface area contributed by atoms with Gasteiger partial charge in [0, 0.05) is 57.4 Å². The van der Waals surface area contributed by atoms with Crippen LogP contribution in [0, 0.1) is 12.8 Å². The Morgan fingerprint density at radius 2 is 2.07 bits per heavy atom. The number of anilines is 1. The molecule has 2 N–H and O–H groups in total. The van der Waals surface area contributed by atoms with Crippen LogP contribution < -0.4 is 15.5 Å². The number of nitrogens with zero attached hydrogens (tertiary/aromatic N) is 3. The predicted octanol–water partition coefficient (Wildman–Crippen LogP) is 2.86. The molecule has 0 spiro atoms. The molecule has 1 aliphatic rings. The van der Waals surface area contributed by atoms with E-state index < -0.39 is 0 Å². The molecule has 1 heterocycles. The topological polar surface area (TPSA) is 60.0 Å². The van der Waals surface area contributed by atoms with E-state index in [4.69, 9.17) is 0 Å². The highest BCUT2D eigenvalue weighted by Gasteiger charge is 2.27. The highest BCUT2D eigenvalue weighted by Crippen LogP contribution is 2.18. The van der Waals surface area contributed by atoms with E-state index in [-0.39, 0.29) is 41.8 Å². The Labute approximate surface area is 187 Å². The number of para-hydroxylation sites is 1. The second-order valence-electron chi connectivity index (χ2n) is 7.43. The van der Waals surface area contributed by atoms with Crippen molar-refractivity contribution < 1.29 is 4.79 Å². The van der Waals surface area contributed by atoms with Crippen molar-refractivity contribution in [3.05, 3.63) is 29.8 Å². The lowest BCUT2D eigenvalue weighted by molar-refractivity contribution is -0.133. The van der Waals surface area contributed by atoms with Crippen molar-refractivity contribution in [3.63, 3.8) is 0 Å². The molecule has 158 valence electrons. The Balaban J connectivity index is 0.00000392. The normalized spacial score (nSPS) is 16.7. The molecular weight excluding hydrogens is 465 g/mol. The molecule has 0 bridgehead atoms. The molecule has 0 saturated carbocycles. The minimum absolute atomic E-state index is 0. The molecule has 1 unspecified atom stereocenters. The van der Waals surface area contributed by atoms with E-state index in [1.807, 2.05) is 18.7 Å². The fraction of sp³-hybridized carbons (Fsp3) is 0.619. The molecule has 2 rings (SSSR count). The predicted molar refractivity (Wildman–Crippen MR) is 129 cm³/mol. The van der Waals surface area contributed by atoms with Crippen LogP contribution in [0.3, 0.4) is 0 Å². The molecular formula is C21H36IN5O. The number of rotatable bonds is 7. The maximum atomic E-state index is 12.1. The Morgan fingerprint density at radius 3 is 2.68 bits per heavy atom. The molecule has 0 aromatic heterocycles. The number of hydrogen-bond acceptors (Lipinski definition) is 3. The number of guanidine groups is 1. The second-order valence-corrected chi connectivity index (χ2v) is 7.43. The van der Waals surface area contributed by atoms with Gasteiger partial charge in [-0.2, -0.15) is 0 Å². The largest absolute Gasteiger partial charge is 0.370 e. The van der Waals surface area contributed by atoms with Gasteiger partial charge < -0.3 is 20.4 Å². The number of benzene rings is 1. The SMILES string of the molecule is CCN(CCNC(=NC)NC1CCN(C(=O)C(C)C)C1)c1ccccc1C.I. The molecule has 7 heteroatoms. The summed E-state index contributed by atoms with van der Waals surface area (Å²) in [6.07, 6.45) is 0.962. The van der Waals surface area contributed by atoms with E-state index in [0.717, 1.165) is 45.1 Å². The summed E-state index contributed by atoms with van der Waals surface area (Å²) in [5.74, 6) is 1.10. The average Bonchev–Trinajstić information content (AvgIpc) is 3.12. The van der Waals surface area contributed by atoms with Crippen molar-refractivity contribution in [1.82, 2.24) is 15.5 Å². The third-order valence-electron chi connectivity index (χ3n) is 5.07. The second kappa shape index (κ2) is 12.1. The Hall–Kier alpha value is -1.51. The van der Waals surface area contributed by atoms with E-state index >= 15 is 0 Å². The van der Waals surface area contributed by atoms with Crippen LogP contribution in [0.25, 0.3) is 0 Å². The van der Waals surface area contributed by atoms with Crippen molar-refractivity contribution >= 4 is 41.5 Å². The standard InChI is InChI=1S/C21H35N5O.HI/c1-6-25(19-10-8-7-9-17(19)4)14-12-23-21(22-5)24-18-11-13-26(15-18)20(27)16(2)3;/h7-10,16,18H,6,11-15H2,1-5H3,(H2,22,23,24);1H. The number of likely N-dealkylation sites (tertiary alicyclic amines) is 1. The Bertz CT molecular complexity index is 649. The molecule has 1 aliphatic heterocycles. The van der Waals surface area contributed by atoms with Gasteiger partial charge in [0.2, 0.25) is 5.91 Å². The molecule has 6 nitrogen and oxygen atoms in total. The summed E-state index contributed by atoms with van der Waals surface area (Å²) in [6, 6.07) is 8.74. The monoisotopic (exact) mass is 501 g/mol. The highest BCUT2D eigenvalue weighted by molar-refractivity contribution is 14.0. The maximum Gasteiger partial charge on any atom is 0.225 e. The summed E-state index contributed by atoms with van der Waals surface area (Å²) in [7, 11) is 1.79. The van der Waals surface area contributed by atoms with Gasteiger partial charge in [-0.05, 0) is 31.9 Å². The summed E-state index contributed by atoms with van der Waals surface area (Å²) in [5, 5.41) is 6.87. The first-order chi connectivity index (χ1) is 13.0. The van der Waals surface area contributed by atoms with Crippen LogP contribution in [0.15, 0.2) is 29.3 Å². The third kappa shape index (κ3) is 6.83. The van der Waals surface area contributed by atoms with Crippen molar-refractivity contribution in [3.8, 4) is 0 Å². The van der Waals surface area contributed by atoms with Gasteiger partial charge in [-0.3, -0.25) is 9.79 Å². The van der Waals surface area contributed by atoms with E-state index in [0.29, 0.717) is 0 Å². The van der Waals surface area contributed by atoms with Gasteiger partial charge in [0.15, 0.2) is 5.96 Å². The van der Waals surface area contributed by atoms with Crippen LogP contribution in [-0.2, 0) is 4.79 Å². The third-order valence-corrected chi connectivity index (χ3v) is 5.07. The number of aliphatic imine (C=N–C) groups is 1. The number of halogens is 1. The Morgan fingerprint density at radius 1 is 1.36 bits per heavy atom. The number of nitrogens with one attached hydrogen (secondary N) is 2. The van der Waals surface area contributed by atoms with E-state index in [1.54, 1.807) is 7.05 Å². The highest BCUT2D eigenvalue weighted by atomic mass is 127. The quantitative estimate of drug-likeness (QED) is 0.343. The maximum absolute atomic E-state index is 12.1. The van der Waals surface area contributed by atoms with Gasteiger partial charge >= 0.3 is 0 Å². The number of carbonyl (C=O) groups is 1. The zero-order chi connectivity index (χ0) is 19.8. The first-order valence-electron chi connectivity index (χ1n) is 10.0. The van der Waals surface area contributed by atoms with Gasteiger partial charge in [0.05, 0.1) is 0 Å². The smallest absolute Gasteiger partial charge is 0.225 e. The number of amides is 1. The zero-order valence-corrected chi connectivity index (χ0v) is 20.2. The molecule has 1 amide bonds. The molecule has 1 aromatic carbocycles. The molecule has 28 heavy (non-hydrogen) atoms. The number of hydrogen-bond donors (Lipinski definition) is 2. The van der Waals surface area contributed by atoms with Gasteiger partial charge in [-0.15, -0.1) is 24.0 Å². The van der Waals surface area contributed by atoms with Crippen molar-refractivity contribution in [1.29, 1.82) is 0 Å². The number of carbonyl (C=O) groups excluding carboxylic acids is 1. The summed E-state index contributed by atoms with van der Waals surface area (Å²) >= 11 is 0. The van der Waals surface area contributed by atoms with Gasteiger partial charge in [-0.25, -0.2) is 0 Å². The number of aryl methyl sites for hydroxylation is 1. The average molecular weight is 501 g/mol. The lowest BCUT2D eigenvalue weighted by Gasteiger charge is -2.26. The zero-order valence-electron chi connectivity index (χ0n) is 17.9. The van der Waals surface area contributed by atoms with Crippen LogP contribution >= 0.6 is 24.0 Å². The van der Waals surface area contributed by atoms with Gasteiger partial charge in [-0.1, -0.05) is 32.0 Å². The van der Waals surface area contributed by atoms with Crippen LogP contribution in [0.5, 0.6) is 0 Å². The van der Waals surface area contributed by atoms with Crippen molar-refractivity contribution in [2.75, 3.05) is 44.7 Å². The minimum Gasteiger partial charge on any atom is -0.370 e. The van der Waals surface area contributed by atoms with E-state index in [2.05, 4.69) is 58.6 Å². The summed E-state index contributed by atoms with van der Waals surface area (Å²) in [6.45, 7) is 12.5. The lowest BCUT2D eigenvalue weighted by Crippen LogP contribution is -2.47. The fourth-order valence-electron chi connectivity index (χ4n) is 3.51. The molecule has 1 saturated heterocycles. The van der Waals surface area contributed by atoms with Crippen molar-refractivity contribution in [2.24, 2.45) is 10.9 Å². The van der Waals surface area contributed by atoms with E-state index in [9.17, 15) is 4.79 Å². The van der Waals surface area contributed by atoms with Crippen molar-refractivity contribution in [2.45, 2.75) is 40.2 Å². The van der Waals surface area contributed by atoms with Crippen LogP contribution in [0.4, 0.5) is 5.69 Å². The summed E-state index contributed by atoms with van der Waals surface area (Å²) < 4.78 is 0.